The summed E-state index contributed by atoms with van der Waals surface area (Å²) in [7, 11) is 0. The van der Waals surface area contributed by atoms with E-state index in [1.165, 1.54) is 29.7 Å². The van der Waals surface area contributed by atoms with Gasteiger partial charge in [-0.3, -0.25) is 19.4 Å². The highest BCUT2D eigenvalue weighted by Gasteiger charge is 2.17. The standard InChI is InChI=1S/C22H26N6O2/c1-2-10-28-19(23)16(21(29)24-9-14-26-11-5-3-6-12-26)15-17-20(28)25-18-8-4-7-13-27(18)22(17)30/h2,4,7-8,13,15,23H,1,3,5-6,9-12,14H2,(H,24,29). The summed E-state index contributed by atoms with van der Waals surface area (Å²) in [5.74, 6) is -0.353. The fourth-order valence-electron chi connectivity index (χ4n) is 3.97. The van der Waals surface area contributed by atoms with Gasteiger partial charge in [0.1, 0.15) is 16.8 Å². The minimum atomic E-state index is -0.353. The molecule has 1 aliphatic rings. The normalized spacial score (nSPS) is 14.8. The highest BCUT2D eigenvalue weighted by Crippen LogP contribution is 2.11. The first-order valence-corrected chi connectivity index (χ1v) is 10.3. The average molecular weight is 406 g/mol. The number of allylic oxidation sites excluding steroid dienone is 1. The molecule has 0 bridgehead atoms. The second-order valence-electron chi connectivity index (χ2n) is 7.55. The van der Waals surface area contributed by atoms with Crippen molar-refractivity contribution in [1.82, 2.24) is 24.2 Å². The van der Waals surface area contributed by atoms with Crippen molar-refractivity contribution >= 4 is 22.6 Å². The first kappa shape index (κ1) is 20.0. The largest absolute Gasteiger partial charge is 0.351 e. The van der Waals surface area contributed by atoms with Gasteiger partial charge < -0.3 is 14.8 Å². The summed E-state index contributed by atoms with van der Waals surface area (Å²) < 4.78 is 3.00. The van der Waals surface area contributed by atoms with Gasteiger partial charge >= 0.3 is 0 Å². The van der Waals surface area contributed by atoms with Crippen LogP contribution in [0.1, 0.15) is 29.6 Å². The van der Waals surface area contributed by atoms with Crippen LogP contribution in [0.25, 0.3) is 16.7 Å². The van der Waals surface area contributed by atoms with E-state index in [0.717, 1.165) is 19.6 Å². The number of carbonyl (C=O) groups excluding carboxylic acids is 1. The third kappa shape index (κ3) is 3.78. The fraction of sp³-hybridized carbons (Fsp3) is 0.364. The Bertz CT molecular complexity index is 1220. The molecule has 8 heteroatoms. The van der Waals surface area contributed by atoms with Crippen molar-refractivity contribution in [2.75, 3.05) is 26.2 Å². The lowest BCUT2D eigenvalue weighted by molar-refractivity contribution is 0.0944. The summed E-state index contributed by atoms with van der Waals surface area (Å²) in [5.41, 5.74) is 0.783. The first-order chi connectivity index (χ1) is 14.6. The molecule has 1 amide bonds. The van der Waals surface area contributed by atoms with Crippen molar-refractivity contribution in [1.29, 1.82) is 5.41 Å². The Balaban J connectivity index is 1.71. The summed E-state index contributed by atoms with van der Waals surface area (Å²) in [4.78, 5) is 32.8. The van der Waals surface area contributed by atoms with Crippen LogP contribution in [0.4, 0.5) is 0 Å². The quantitative estimate of drug-likeness (QED) is 0.479. The molecule has 0 saturated carbocycles. The molecule has 3 aromatic heterocycles. The molecule has 0 radical (unpaired) electrons. The highest BCUT2D eigenvalue weighted by molar-refractivity contribution is 5.96. The molecule has 0 spiro atoms. The number of carbonyl (C=O) groups is 1. The molecule has 4 rings (SSSR count). The molecule has 0 atom stereocenters. The van der Waals surface area contributed by atoms with Crippen molar-refractivity contribution in [2.24, 2.45) is 0 Å². The average Bonchev–Trinajstić information content (AvgIpc) is 2.77. The molecule has 3 aromatic rings. The number of hydrogen-bond acceptors (Lipinski definition) is 5. The van der Waals surface area contributed by atoms with E-state index in [2.05, 4.69) is 21.8 Å². The van der Waals surface area contributed by atoms with Crippen LogP contribution >= 0.6 is 0 Å². The number of amides is 1. The molecule has 0 aromatic carbocycles. The molecule has 30 heavy (non-hydrogen) atoms. The van der Waals surface area contributed by atoms with Crippen molar-refractivity contribution in [3.63, 3.8) is 0 Å². The van der Waals surface area contributed by atoms with Crippen LogP contribution in [0.15, 0.2) is 47.9 Å². The third-order valence-electron chi connectivity index (χ3n) is 5.54. The number of likely N-dealkylation sites (tertiary alicyclic amines) is 1. The van der Waals surface area contributed by atoms with E-state index in [1.54, 1.807) is 35.0 Å². The van der Waals surface area contributed by atoms with Gasteiger partial charge in [0, 0.05) is 25.8 Å². The Labute approximate surface area is 174 Å². The van der Waals surface area contributed by atoms with Gasteiger partial charge in [0.05, 0.1) is 10.9 Å². The van der Waals surface area contributed by atoms with E-state index in [4.69, 9.17) is 5.41 Å². The van der Waals surface area contributed by atoms with Gasteiger partial charge in [-0.05, 0) is 44.1 Å². The SMILES string of the molecule is C=CCn1c(=N)c(C(=O)NCCN2CCCCC2)cc2c(=O)n3ccccc3nc21. The number of rotatable bonds is 6. The van der Waals surface area contributed by atoms with Gasteiger partial charge in [-0.2, -0.15) is 0 Å². The number of hydrogen-bond donors (Lipinski definition) is 2. The maximum atomic E-state index is 13.0. The minimum absolute atomic E-state index is 0.0186. The van der Waals surface area contributed by atoms with Gasteiger partial charge in [-0.1, -0.05) is 18.6 Å². The second kappa shape index (κ2) is 8.62. The third-order valence-corrected chi connectivity index (χ3v) is 5.54. The van der Waals surface area contributed by atoms with Crippen LogP contribution in [-0.4, -0.2) is 50.9 Å². The number of piperidine rings is 1. The van der Waals surface area contributed by atoms with Gasteiger partial charge in [0.25, 0.3) is 11.5 Å². The van der Waals surface area contributed by atoms with E-state index >= 15 is 0 Å². The molecule has 2 N–H and O–H groups in total. The van der Waals surface area contributed by atoms with E-state index in [1.807, 2.05) is 0 Å². The molecule has 1 aliphatic heterocycles. The molecular formula is C22H26N6O2. The Morgan fingerprint density at radius 3 is 2.83 bits per heavy atom. The van der Waals surface area contributed by atoms with Crippen molar-refractivity contribution in [3.05, 3.63) is 64.5 Å². The first-order valence-electron chi connectivity index (χ1n) is 10.3. The Morgan fingerprint density at radius 1 is 1.27 bits per heavy atom. The molecular weight excluding hydrogens is 380 g/mol. The summed E-state index contributed by atoms with van der Waals surface area (Å²) in [6.45, 7) is 7.43. The topological polar surface area (TPSA) is 95.5 Å². The summed E-state index contributed by atoms with van der Waals surface area (Å²) in [6.07, 6.45) is 6.94. The minimum Gasteiger partial charge on any atom is -0.351 e. The van der Waals surface area contributed by atoms with Crippen molar-refractivity contribution in [3.8, 4) is 0 Å². The number of nitrogens with one attached hydrogen (secondary N) is 2. The maximum absolute atomic E-state index is 13.0. The monoisotopic (exact) mass is 406 g/mol. The second-order valence-corrected chi connectivity index (χ2v) is 7.55. The Hall–Kier alpha value is -3.26. The Kier molecular flexibility index (Phi) is 5.76. The van der Waals surface area contributed by atoms with Crippen molar-refractivity contribution in [2.45, 2.75) is 25.8 Å². The molecule has 156 valence electrons. The lowest BCUT2D eigenvalue weighted by atomic mass is 10.1. The van der Waals surface area contributed by atoms with Gasteiger partial charge in [-0.25, -0.2) is 4.98 Å². The summed E-state index contributed by atoms with van der Waals surface area (Å²) in [5, 5.41) is 11.8. The molecule has 0 unspecified atom stereocenters. The lowest BCUT2D eigenvalue weighted by Gasteiger charge is -2.26. The van der Waals surface area contributed by atoms with Gasteiger partial charge in [0.2, 0.25) is 0 Å². The van der Waals surface area contributed by atoms with Crippen LogP contribution < -0.4 is 16.4 Å². The molecule has 1 fully saturated rings. The number of nitrogens with zero attached hydrogens (tertiary/aromatic N) is 4. The number of fused-ring (bicyclic) bond motifs is 2. The van der Waals surface area contributed by atoms with Crippen LogP contribution in [0.5, 0.6) is 0 Å². The van der Waals surface area contributed by atoms with Crippen LogP contribution in [0.2, 0.25) is 0 Å². The van der Waals surface area contributed by atoms with Gasteiger partial charge in [-0.15, -0.1) is 6.58 Å². The van der Waals surface area contributed by atoms with E-state index in [-0.39, 0.29) is 29.1 Å². The summed E-state index contributed by atoms with van der Waals surface area (Å²) >= 11 is 0. The fourth-order valence-corrected chi connectivity index (χ4v) is 3.97. The van der Waals surface area contributed by atoms with Crippen LogP contribution in [-0.2, 0) is 6.54 Å². The maximum Gasteiger partial charge on any atom is 0.267 e. The van der Waals surface area contributed by atoms with E-state index < -0.39 is 0 Å². The van der Waals surface area contributed by atoms with Gasteiger partial charge in [0.15, 0.2) is 0 Å². The molecule has 0 aliphatic carbocycles. The molecule has 1 saturated heterocycles. The number of pyridine rings is 2. The summed E-state index contributed by atoms with van der Waals surface area (Å²) in [6, 6.07) is 6.79. The van der Waals surface area contributed by atoms with Crippen molar-refractivity contribution < 1.29 is 4.79 Å². The zero-order chi connectivity index (χ0) is 21.1. The van der Waals surface area contributed by atoms with Crippen LogP contribution in [0.3, 0.4) is 0 Å². The van der Waals surface area contributed by atoms with E-state index in [0.29, 0.717) is 23.2 Å². The van der Waals surface area contributed by atoms with Crippen LogP contribution in [0, 0.1) is 5.41 Å². The Morgan fingerprint density at radius 2 is 2.07 bits per heavy atom. The highest BCUT2D eigenvalue weighted by atomic mass is 16.1. The predicted octanol–water partition coefficient (Wildman–Crippen LogP) is 1.53. The lowest BCUT2D eigenvalue weighted by Crippen LogP contribution is -2.40. The zero-order valence-corrected chi connectivity index (χ0v) is 16.9. The van der Waals surface area contributed by atoms with E-state index in [9.17, 15) is 9.59 Å². The molecule has 8 nitrogen and oxygen atoms in total. The molecule has 4 heterocycles. The number of aromatic nitrogens is 3. The predicted molar refractivity (Wildman–Crippen MR) is 116 cm³/mol. The smallest absolute Gasteiger partial charge is 0.267 e. The zero-order valence-electron chi connectivity index (χ0n) is 16.9.